The molecule has 0 saturated heterocycles. The maximum atomic E-state index is 12.7. The molecule has 0 aliphatic heterocycles. The monoisotopic (exact) mass is 431 g/mol. The first-order chi connectivity index (χ1) is 14.3. The fourth-order valence-electron chi connectivity index (χ4n) is 2.88. The molecule has 0 aliphatic carbocycles. The van der Waals surface area contributed by atoms with Crippen LogP contribution in [0.4, 0.5) is 11.4 Å². The number of rotatable bonds is 10. The van der Waals surface area contributed by atoms with Crippen LogP contribution in [0, 0.1) is 0 Å². The molecule has 0 radical (unpaired) electrons. The minimum atomic E-state index is -3.67. The average molecular weight is 432 g/mol. The van der Waals surface area contributed by atoms with E-state index in [0.29, 0.717) is 23.5 Å². The Labute approximate surface area is 178 Å². The highest BCUT2D eigenvalue weighted by Gasteiger charge is 2.22. The second-order valence-electron chi connectivity index (χ2n) is 6.99. The Bertz CT molecular complexity index is 972. The van der Waals surface area contributed by atoms with E-state index in [4.69, 9.17) is 0 Å². The number of benzene rings is 2. The number of para-hydroxylation sites is 1. The Morgan fingerprint density at radius 2 is 1.67 bits per heavy atom. The second-order valence-corrected chi connectivity index (χ2v) is 8.90. The number of nitrogens with zero attached hydrogens (tertiary/aromatic N) is 1. The third-order valence-electron chi connectivity index (χ3n) is 4.58. The van der Waals surface area contributed by atoms with Gasteiger partial charge < -0.3 is 10.6 Å². The maximum Gasteiger partial charge on any atom is 0.253 e. The third kappa shape index (κ3) is 6.59. The zero-order valence-corrected chi connectivity index (χ0v) is 18.5. The average Bonchev–Trinajstić information content (AvgIpc) is 2.72. The van der Waals surface area contributed by atoms with Crippen LogP contribution in [0.5, 0.6) is 0 Å². The number of unbranched alkanes of at least 4 members (excludes halogenated alkanes) is 1. The molecule has 7 nitrogen and oxygen atoms in total. The summed E-state index contributed by atoms with van der Waals surface area (Å²) in [6, 6.07) is 13.7. The zero-order valence-electron chi connectivity index (χ0n) is 17.6. The van der Waals surface area contributed by atoms with Gasteiger partial charge in [0.15, 0.2) is 0 Å². The molecule has 2 N–H and O–H groups in total. The summed E-state index contributed by atoms with van der Waals surface area (Å²) < 4.78 is 25.6. The Balaban J connectivity index is 2.17. The molecule has 2 rings (SSSR count). The molecule has 0 aromatic heterocycles. The smallest absolute Gasteiger partial charge is 0.253 e. The van der Waals surface area contributed by atoms with Crippen LogP contribution in [0.1, 0.15) is 42.6 Å². The molecule has 2 aromatic carbocycles. The van der Waals surface area contributed by atoms with E-state index in [2.05, 4.69) is 10.6 Å². The molecule has 0 spiro atoms. The molecule has 2 amide bonds. The lowest BCUT2D eigenvalue weighted by Crippen LogP contribution is -2.37. The van der Waals surface area contributed by atoms with Crippen molar-refractivity contribution in [1.29, 1.82) is 0 Å². The zero-order chi connectivity index (χ0) is 22.1. The van der Waals surface area contributed by atoms with E-state index in [1.54, 1.807) is 36.4 Å². The molecule has 0 atom stereocenters. The first-order valence-corrected chi connectivity index (χ1v) is 11.8. The number of carbonyl (C=O) groups excluding carboxylic acids is 2. The molecule has 0 unspecified atom stereocenters. The Hall–Kier alpha value is -2.87. The van der Waals surface area contributed by atoms with Gasteiger partial charge in [0.2, 0.25) is 15.9 Å². The molecular formula is C22H29N3O4S. The van der Waals surface area contributed by atoms with Crippen LogP contribution in [-0.2, 0) is 21.2 Å². The van der Waals surface area contributed by atoms with Crippen molar-refractivity contribution in [3.8, 4) is 0 Å². The van der Waals surface area contributed by atoms with Crippen molar-refractivity contribution in [3.05, 3.63) is 59.7 Å². The maximum absolute atomic E-state index is 12.7. The molecule has 0 heterocycles. The number of nitrogens with one attached hydrogen (secondary N) is 2. The predicted molar refractivity (Wildman–Crippen MR) is 120 cm³/mol. The van der Waals surface area contributed by atoms with Crippen LogP contribution in [0.25, 0.3) is 0 Å². The van der Waals surface area contributed by atoms with E-state index < -0.39 is 22.5 Å². The number of anilines is 2. The van der Waals surface area contributed by atoms with Gasteiger partial charge in [-0.25, -0.2) is 8.42 Å². The number of sulfonamides is 1. The van der Waals surface area contributed by atoms with Gasteiger partial charge in [0.1, 0.15) is 6.54 Å². The topological polar surface area (TPSA) is 95.6 Å². The van der Waals surface area contributed by atoms with E-state index in [9.17, 15) is 18.0 Å². The van der Waals surface area contributed by atoms with Gasteiger partial charge in [0.25, 0.3) is 5.91 Å². The molecule has 162 valence electrons. The second kappa shape index (κ2) is 10.8. The highest BCUT2D eigenvalue weighted by Crippen LogP contribution is 2.20. The number of carbonyl (C=O) groups is 2. The molecule has 8 heteroatoms. The molecule has 0 fully saturated rings. The van der Waals surface area contributed by atoms with Crippen molar-refractivity contribution >= 4 is 33.2 Å². The standard InChI is InChI=1S/C22H29N3O4S/c1-4-6-15-23-22(27)19-9-7-8-10-20(19)24-21(26)16-25(30(3,28)29)18-13-11-17(5-2)12-14-18/h7-14H,4-6,15-16H2,1-3H3,(H,23,27)(H,24,26). The highest BCUT2D eigenvalue weighted by molar-refractivity contribution is 7.92. The van der Waals surface area contributed by atoms with Crippen LogP contribution in [-0.4, -0.2) is 39.6 Å². The molecule has 0 aliphatic rings. The quantitative estimate of drug-likeness (QED) is 0.565. The Kier molecular flexibility index (Phi) is 8.41. The van der Waals surface area contributed by atoms with Crippen molar-refractivity contribution in [2.75, 3.05) is 29.0 Å². The van der Waals surface area contributed by atoms with Crippen molar-refractivity contribution in [2.45, 2.75) is 33.1 Å². The van der Waals surface area contributed by atoms with Crippen LogP contribution in [0.15, 0.2) is 48.5 Å². The lowest BCUT2D eigenvalue weighted by atomic mass is 10.1. The summed E-state index contributed by atoms with van der Waals surface area (Å²) in [4.78, 5) is 25.1. The van der Waals surface area contributed by atoms with Gasteiger partial charge in [-0.3, -0.25) is 13.9 Å². The molecular weight excluding hydrogens is 402 g/mol. The Morgan fingerprint density at radius 3 is 2.27 bits per heavy atom. The summed E-state index contributed by atoms with van der Waals surface area (Å²) in [6.07, 6.45) is 3.71. The van der Waals surface area contributed by atoms with Gasteiger partial charge in [-0.1, -0.05) is 44.5 Å². The fourth-order valence-corrected chi connectivity index (χ4v) is 3.74. The van der Waals surface area contributed by atoms with Crippen LogP contribution >= 0.6 is 0 Å². The van der Waals surface area contributed by atoms with Crippen LogP contribution < -0.4 is 14.9 Å². The summed E-state index contributed by atoms with van der Waals surface area (Å²) in [5.41, 5.74) is 2.15. The SMILES string of the molecule is CCCCNC(=O)c1ccccc1NC(=O)CN(c1ccc(CC)cc1)S(C)(=O)=O. The van der Waals surface area contributed by atoms with E-state index in [-0.39, 0.29) is 5.91 Å². The summed E-state index contributed by atoms with van der Waals surface area (Å²) >= 11 is 0. The van der Waals surface area contributed by atoms with Crippen LogP contribution in [0.2, 0.25) is 0 Å². The number of aryl methyl sites for hydroxylation is 1. The van der Waals surface area contributed by atoms with E-state index in [1.807, 2.05) is 26.0 Å². The third-order valence-corrected chi connectivity index (χ3v) is 5.72. The van der Waals surface area contributed by atoms with Gasteiger partial charge in [-0.05, 0) is 42.7 Å². The van der Waals surface area contributed by atoms with Gasteiger partial charge in [0, 0.05) is 6.54 Å². The van der Waals surface area contributed by atoms with E-state index in [1.165, 1.54) is 0 Å². The number of amides is 2. The number of hydrogen-bond donors (Lipinski definition) is 2. The van der Waals surface area contributed by atoms with Crippen molar-refractivity contribution in [3.63, 3.8) is 0 Å². The fraction of sp³-hybridized carbons (Fsp3) is 0.364. The number of hydrogen-bond acceptors (Lipinski definition) is 4. The predicted octanol–water partition coefficient (Wildman–Crippen LogP) is 3.18. The van der Waals surface area contributed by atoms with Crippen LogP contribution in [0.3, 0.4) is 0 Å². The molecule has 30 heavy (non-hydrogen) atoms. The first-order valence-electron chi connectivity index (χ1n) is 10.00. The van der Waals surface area contributed by atoms with Gasteiger partial charge in [0.05, 0.1) is 23.2 Å². The lowest BCUT2D eigenvalue weighted by Gasteiger charge is -2.22. The normalized spacial score (nSPS) is 11.0. The van der Waals surface area contributed by atoms with Gasteiger partial charge in [-0.2, -0.15) is 0 Å². The first kappa shape index (κ1) is 23.4. The van der Waals surface area contributed by atoms with E-state index >= 15 is 0 Å². The molecule has 2 aromatic rings. The van der Waals surface area contributed by atoms with Gasteiger partial charge >= 0.3 is 0 Å². The largest absolute Gasteiger partial charge is 0.352 e. The highest BCUT2D eigenvalue weighted by atomic mass is 32.2. The summed E-state index contributed by atoms with van der Waals surface area (Å²) in [6.45, 7) is 4.19. The summed E-state index contributed by atoms with van der Waals surface area (Å²) in [5, 5.41) is 5.49. The van der Waals surface area contributed by atoms with Crippen molar-refractivity contribution in [2.24, 2.45) is 0 Å². The van der Waals surface area contributed by atoms with E-state index in [0.717, 1.165) is 35.4 Å². The molecule has 0 saturated carbocycles. The van der Waals surface area contributed by atoms with Crippen molar-refractivity contribution in [1.82, 2.24) is 5.32 Å². The van der Waals surface area contributed by atoms with Gasteiger partial charge in [-0.15, -0.1) is 0 Å². The Morgan fingerprint density at radius 1 is 1.00 bits per heavy atom. The summed E-state index contributed by atoms with van der Waals surface area (Å²) in [7, 11) is -3.67. The minimum Gasteiger partial charge on any atom is -0.352 e. The minimum absolute atomic E-state index is 0.283. The summed E-state index contributed by atoms with van der Waals surface area (Å²) in [5.74, 6) is -0.816. The lowest BCUT2D eigenvalue weighted by molar-refractivity contribution is -0.114. The van der Waals surface area contributed by atoms with Crippen molar-refractivity contribution < 1.29 is 18.0 Å². The molecule has 0 bridgehead atoms.